The normalized spacial score (nSPS) is 20.8. The Labute approximate surface area is 173 Å². The van der Waals surface area contributed by atoms with Crippen molar-refractivity contribution in [3.05, 3.63) is 51.5 Å². The Kier molecular flexibility index (Phi) is 6.78. The number of rotatable bonds is 8. The number of hydrogen-bond donors (Lipinski definition) is 0. The first kappa shape index (κ1) is 20.0. The molecule has 1 aromatic carbocycles. The number of likely N-dealkylation sites (tertiary alicyclic amines) is 1. The Balaban J connectivity index is 1.34. The van der Waals surface area contributed by atoms with Gasteiger partial charge < -0.3 is 4.74 Å². The minimum atomic E-state index is 0.705. The lowest BCUT2D eigenvalue weighted by atomic mass is 9.95. The third-order valence-corrected chi connectivity index (χ3v) is 7.17. The van der Waals surface area contributed by atoms with Crippen LogP contribution in [-0.4, -0.2) is 60.7 Å². The maximum absolute atomic E-state index is 5.38. The van der Waals surface area contributed by atoms with Gasteiger partial charge in [0.25, 0.3) is 0 Å². The van der Waals surface area contributed by atoms with Gasteiger partial charge in [-0.3, -0.25) is 9.80 Å². The SMILES string of the molecule is COCCN(Cc1cnc(C)s1)CC1CCCN(C2Cc3ccccc3C2)C1. The molecule has 2 aliphatic rings. The number of benzene rings is 1. The van der Waals surface area contributed by atoms with Gasteiger partial charge in [-0.15, -0.1) is 11.3 Å². The summed E-state index contributed by atoms with van der Waals surface area (Å²) in [7, 11) is 1.80. The van der Waals surface area contributed by atoms with Crippen molar-refractivity contribution < 1.29 is 4.74 Å². The quantitative estimate of drug-likeness (QED) is 0.675. The summed E-state index contributed by atoms with van der Waals surface area (Å²) in [5.41, 5.74) is 3.13. The van der Waals surface area contributed by atoms with E-state index in [0.29, 0.717) is 6.04 Å². The van der Waals surface area contributed by atoms with Crippen molar-refractivity contribution in [1.82, 2.24) is 14.8 Å². The monoisotopic (exact) mass is 399 g/mol. The molecule has 0 spiro atoms. The molecule has 1 aliphatic heterocycles. The van der Waals surface area contributed by atoms with E-state index in [1.165, 1.54) is 43.6 Å². The van der Waals surface area contributed by atoms with E-state index in [1.807, 2.05) is 17.5 Å². The van der Waals surface area contributed by atoms with Crippen molar-refractivity contribution >= 4 is 11.3 Å². The van der Waals surface area contributed by atoms with Gasteiger partial charge in [-0.1, -0.05) is 24.3 Å². The summed E-state index contributed by atoms with van der Waals surface area (Å²) in [5, 5.41) is 1.16. The average Bonchev–Trinajstić information content (AvgIpc) is 3.32. The van der Waals surface area contributed by atoms with Crippen molar-refractivity contribution in [3.63, 3.8) is 0 Å². The molecule has 152 valence electrons. The van der Waals surface area contributed by atoms with Gasteiger partial charge in [0.2, 0.25) is 0 Å². The fourth-order valence-electron chi connectivity index (χ4n) is 4.89. The molecule has 0 bridgehead atoms. The number of ether oxygens (including phenoxy) is 1. The molecule has 4 rings (SSSR count). The Morgan fingerprint density at radius 2 is 2.04 bits per heavy atom. The van der Waals surface area contributed by atoms with E-state index in [1.54, 1.807) is 18.2 Å². The molecule has 1 fully saturated rings. The van der Waals surface area contributed by atoms with Crippen LogP contribution < -0.4 is 0 Å². The zero-order valence-electron chi connectivity index (χ0n) is 17.3. The Hall–Kier alpha value is -1.27. The zero-order chi connectivity index (χ0) is 19.3. The second-order valence-corrected chi connectivity index (χ2v) is 9.73. The first-order chi connectivity index (χ1) is 13.7. The number of aryl methyl sites for hydroxylation is 1. The van der Waals surface area contributed by atoms with Crippen LogP contribution in [0.1, 0.15) is 33.9 Å². The molecule has 4 nitrogen and oxygen atoms in total. The van der Waals surface area contributed by atoms with Crippen LogP contribution in [0.25, 0.3) is 0 Å². The summed E-state index contributed by atoms with van der Waals surface area (Å²) in [6.07, 6.45) is 7.19. The molecule has 0 saturated carbocycles. The lowest BCUT2D eigenvalue weighted by Gasteiger charge is -2.38. The Bertz CT molecular complexity index is 737. The molecule has 1 aliphatic carbocycles. The highest BCUT2D eigenvalue weighted by atomic mass is 32.1. The van der Waals surface area contributed by atoms with Crippen LogP contribution in [0.15, 0.2) is 30.5 Å². The molecular formula is C23H33N3OS. The number of hydrogen-bond acceptors (Lipinski definition) is 5. The highest BCUT2D eigenvalue weighted by Gasteiger charge is 2.31. The van der Waals surface area contributed by atoms with E-state index < -0.39 is 0 Å². The predicted octanol–water partition coefficient (Wildman–Crippen LogP) is 3.78. The standard InChI is InChI=1S/C23H33N3OS/c1-18-24-14-23(28-18)17-25(10-11-27-2)15-19-6-5-9-26(16-19)22-12-20-7-3-4-8-21(20)13-22/h3-4,7-8,14,19,22H,5-6,9-13,15-17H2,1-2H3. The molecule has 1 atom stereocenters. The van der Waals surface area contributed by atoms with Gasteiger partial charge in [-0.05, 0) is 56.2 Å². The van der Waals surface area contributed by atoms with Crippen LogP contribution in [-0.2, 0) is 24.1 Å². The van der Waals surface area contributed by atoms with Gasteiger partial charge in [0.1, 0.15) is 0 Å². The second-order valence-electron chi connectivity index (χ2n) is 8.41. The first-order valence-corrected chi connectivity index (χ1v) is 11.5. The van der Waals surface area contributed by atoms with E-state index in [0.717, 1.165) is 37.2 Å². The van der Waals surface area contributed by atoms with Crippen LogP contribution in [0.4, 0.5) is 0 Å². The lowest BCUT2D eigenvalue weighted by molar-refractivity contribution is 0.0847. The molecule has 1 saturated heterocycles. The van der Waals surface area contributed by atoms with Gasteiger partial charge in [-0.2, -0.15) is 0 Å². The van der Waals surface area contributed by atoms with Crippen LogP contribution in [0.5, 0.6) is 0 Å². The van der Waals surface area contributed by atoms with Crippen LogP contribution in [0, 0.1) is 12.8 Å². The van der Waals surface area contributed by atoms with E-state index in [4.69, 9.17) is 4.74 Å². The summed E-state index contributed by atoms with van der Waals surface area (Å²) in [4.78, 5) is 11.2. The molecule has 1 unspecified atom stereocenters. The summed E-state index contributed by atoms with van der Waals surface area (Å²) in [6, 6.07) is 9.72. The molecule has 0 amide bonds. The third kappa shape index (κ3) is 5.01. The van der Waals surface area contributed by atoms with E-state index in [9.17, 15) is 0 Å². The molecule has 1 aromatic heterocycles. The van der Waals surface area contributed by atoms with E-state index in [2.05, 4.69) is 46.0 Å². The average molecular weight is 400 g/mol. The van der Waals surface area contributed by atoms with Gasteiger partial charge in [-0.25, -0.2) is 4.98 Å². The van der Waals surface area contributed by atoms with Crippen molar-refractivity contribution in [3.8, 4) is 0 Å². The Morgan fingerprint density at radius 3 is 2.71 bits per heavy atom. The maximum atomic E-state index is 5.38. The molecule has 2 heterocycles. The lowest BCUT2D eigenvalue weighted by Crippen LogP contribution is -2.46. The topological polar surface area (TPSA) is 28.6 Å². The number of methoxy groups -OCH3 is 1. The smallest absolute Gasteiger partial charge is 0.0897 e. The zero-order valence-corrected chi connectivity index (χ0v) is 18.1. The van der Waals surface area contributed by atoms with E-state index in [-0.39, 0.29) is 0 Å². The van der Waals surface area contributed by atoms with Crippen LogP contribution >= 0.6 is 11.3 Å². The van der Waals surface area contributed by atoms with E-state index >= 15 is 0 Å². The predicted molar refractivity (Wildman–Crippen MR) is 116 cm³/mol. The molecule has 2 aromatic rings. The number of nitrogens with zero attached hydrogens (tertiary/aromatic N) is 3. The van der Waals surface area contributed by atoms with Crippen molar-refractivity contribution in [2.75, 3.05) is 39.9 Å². The molecule has 28 heavy (non-hydrogen) atoms. The number of aromatic nitrogens is 1. The molecule has 5 heteroatoms. The van der Waals surface area contributed by atoms with Crippen molar-refractivity contribution in [1.29, 1.82) is 0 Å². The largest absolute Gasteiger partial charge is 0.383 e. The van der Waals surface area contributed by atoms with Gasteiger partial charge >= 0.3 is 0 Å². The molecule has 0 N–H and O–H groups in total. The molecule has 0 radical (unpaired) electrons. The summed E-state index contributed by atoms with van der Waals surface area (Å²) >= 11 is 1.82. The summed E-state index contributed by atoms with van der Waals surface area (Å²) < 4.78 is 5.38. The molecular weight excluding hydrogens is 366 g/mol. The fourth-order valence-corrected chi connectivity index (χ4v) is 5.73. The Morgan fingerprint density at radius 1 is 1.25 bits per heavy atom. The summed E-state index contributed by atoms with van der Waals surface area (Å²) in [5.74, 6) is 0.753. The fraction of sp³-hybridized carbons (Fsp3) is 0.609. The van der Waals surface area contributed by atoms with Crippen LogP contribution in [0.3, 0.4) is 0 Å². The van der Waals surface area contributed by atoms with Gasteiger partial charge in [0.15, 0.2) is 0 Å². The van der Waals surface area contributed by atoms with Gasteiger partial charge in [0.05, 0.1) is 11.6 Å². The van der Waals surface area contributed by atoms with Gasteiger partial charge in [0, 0.05) is 50.4 Å². The maximum Gasteiger partial charge on any atom is 0.0897 e. The number of piperidine rings is 1. The third-order valence-electron chi connectivity index (χ3n) is 6.27. The summed E-state index contributed by atoms with van der Waals surface area (Å²) in [6.45, 7) is 8.55. The van der Waals surface area contributed by atoms with Crippen LogP contribution in [0.2, 0.25) is 0 Å². The number of fused-ring (bicyclic) bond motifs is 1. The van der Waals surface area contributed by atoms with Crippen molar-refractivity contribution in [2.45, 2.75) is 45.2 Å². The second kappa shape index (κ2) is 9.49. The van der Waals surface area contributed by atoms with Crippen molar-refractivity contribution in [2.24, 2.45) is 5.92 Å². The minimum absolute atomic E-state index is 0.705. The first-order valence-electron chi connectivity index (χ1n) is 10.6. The number of thiazole rings is 1. The highest BCUT2D eigenvalue weighted by Crippen LogP contribution is 2.29. The minimum Gasteiger partial charge on any atom is -0.383 e. The highest BCUT2D eigenvalue weighted by molar-refractivity contribution is 7.11.